The first-order valence-corrected chi connectivity index (χ1v) is 8.01. The van der Waals surface area contributed by atoms with Crippen LogP contribution in [0.2, 0.25) is 0 Å². The van der Waals surface area contributed by atoms with Gasteiger partial charge in [0.25, 0.3) is 0 Å². The number of rotatable bonds is 6. The second-order valence-electron chi connectivity index (χ2n) is 5.67. The van der Waals surface area contributed by atoms with E-state index in [9.17, 15) is 0 Å². The lowest BCUT2D eigenvalue weighted by molar-refractivity contribution is 0.335. The fourth-order valence-electron chi connectivity index (χ4n) is 3.04. The number of alkyl halides is 1. The van der Waals surface area contributed by atoms with E-state index in [1.807, 2.05) is 6.92 Å². The summed E-state index contributed by atoms with van der Waals surface area (Å²) in [5.41, 5.74) is 2.42. The van der Waals surface area contributed by atoms with Crippen LogP contribution in [0.15, 0.2) is 18.2 Å². The van der Waals surface area contributed by atoms with Crippen LogP contribution >= 0.6 is 11.6 Å². The zero-order valence-electron chi connectivity index (χ0n) is 12.1. The first kappa shape index (κ1) is 14.7. The molecule has 1 aromatic rings. The van der Waals surface area contributed by atoms with Crippen LogP contribution in [0.1, 0.15) is 62.0 Å². The molecule has 19 heavy (non-hydrogen) atoms. The van der Waals surface area contributed by atoms with Gasteiger partial charge in [-0.2, -0.15) is 0 Å². The van der Waals surface area contributed by atoms with Crippen LogP contribution in [0.25, 0.3) is 0 Å². The van der Waals surface area contributed by atoms with Crippen LogP contribution in [0.4, 0.5) is 0 Å². The minimum Gasteiger partial charge on any atom is -0.494 e. The summed E-state index contributed by atoms with van der Waals surface area (Å²) < 4.78 is 5.70. The highest BCUT2D eigenvalue weighted by atomic mass is 35.5. The molecule has 1 saturated carbocycles. The Morgan fingerprint density at radius 3 is 2.74 bits per heavy atom. The van der Waals surface area contributed by atoms with Gasteiger partial charge in [-0.1, -0.05) is 43.4 Å². The van der Waals surface area contributed by atoms with E-state index >= 15 is 0 Å². The molecule has 0 saturated heterocycles. The van der Waals surface area contributed by atoms with Gasteiger partial charge in [-0.25, -0.2) is 0 Å². The molecule has 106 valence electrons. The van der Waals surface area contributed by atoms with E-state index in [1.165, 1.54) is 43.2 Å². The van der Waals surface area contributed by atoms with Crippen molar-refractivity contribution in [3.8, 4) is 5.75 Å². The van der Waals surface area contributed by atoms with Gasteiger partial charge in [-0.15, -0.1) is 11.6 Å². The summed E-state index contributed by atoms with van der Waals surface area (Å²) >= 11 is 6.62. The maximum Gasteiger partial charge on any atom is 0.123 e. The molecule has 2 heteroatoms. The highest BCUT2D eigenvalue weighted by molar-refractivity contribution is 6.21. The number of halogens is 1. The maximum absolute atomic E-state index is 6.62. The van der Waals surface area contributed by atoms with Crippen molar-refractivity contribution in [3.63, 3.8) is 0 Å². The van der Waals surface area contributed by atoms with Crippen molar-refractivity contribution in [2.75, 3.05) is 6.61 Å². The highest BCUT2D eigenvalue weighted by Gasteiger charge is 2.19. The molecule has 1 nitrogen and oxygen atoms in total. The van der Waals surface area contributed by atoms with Gasteiger partial charge in [0.05, 0.1) is 12.0 Å². The summed E-state index contributed by atoms with van der Waals surface area (Å²) in [4.78, 5) is 0. The monoisotopic (exact) mass is 280 g/mol. The lowest BCUT2D eigenvalue weighted by atomic mass is 9.97. The Kier molecular flexibility index (Phi) is 5.57. The average Bonchev–Trinajstić information content (AvgIpc) is 2.91. The van der Waals surface area contributed by atoms with Crippen LogP contribution in [0.3, 0.4) is 0 Å². The first-order valence-electron chi connectivity index (χ1n) is 7.58. The molecule has 0 aromatic heterocycles. The van der Waals surface area contributed by atoms with E-state index < -0.39 is 0 Å². The Labute approximate surface area is 122 Å². The van der Waals surface area contributed by atoms with Crippen molar-refractivity contribution < 1.29 is 4.74 Å². The topological polar surface area (TPSA) is 9.23 Å². The summed E-state index contributed by atoms with van der Waals surface area (Å²) in [5.74, 6) is 1.86. The predicted octanol–water partition coefficient (Wildman–Crippen LogP) is 5.64. The molecular formula is C17H25ClO. The van der Waals surface area contributed by atoms with Gasteiger partial charge in [0.1, 0.15) is 5.75 Å². The normalized spacial score (nSPS) is 17.6. The zero-order valence-corrected chi connectivity index (χ0v) is 12.9. The second kappa shape index (κ2) is 7.19. The van der Waals surface area contributed by atoms with Crippen LogP contribution < -0.4 is 4.74 Å². The van der Waals surface area contributed by atoms with Gasteiger partial charge in [-0.3, -0.25) is 0 Å². The molecule has 1 aromatic carbocycles. The summed E-state index contributed by atoms with van der Waals surface area (Å²) in [6.07, 6.45) is 7.94. The smallest absolute Gasteiger partial charge is 0.123 e. The maximum atomic E-state index is 6.62. The minimum absolute atomic E-state index is 0.0852. The fourth-order valence-corrected chi connectivity index (χ4v) is 3.33. The van der Waals surface area contributed by atoms with E-state index in [1.54, 1.807) is 0 Å². The van der Waals surface area contributed by atoms with Gasteiger partial charge in [0.15, 0.2) is 0 Å². The quantitative estimate of drug-likeness (QED) is 0.612. The van der Waals surface area contributed by atoms with Crippen LogP contribution in [-0.2, 0) is 0 Å². The van der Waals surface area contributed by atoms with Gasteiger partial charge < -0.3 is 4.74 Å². The van der Waals surface area contributed by atoms with Crippen molar-refractivity contribution in [2.45, 2.75) is 57.7 Å². The molecule has 0 heterocycles. The summed E-state index contributed by atoms with van der Waals surface area (Å²) in [5, 5.41) is 0.0852. The average molecular weight is 281 g/mol. The molecule has 0 amide bonds. The third kappa shape index (κ3) is 4.14. The number of benzene rings is 1. The van der Waals surface area contributed by atoms with Crippen molar-refractivity contribution in [3.05, 3.63) is 29.3 Å². The molecule has 0 spiro atoms. The van der Waals surface area contributed by atoms with Crippen molar-refractivity contribution in [1.82, 2.24) is 0 Å². The van der Waals surface area contributed by atoms with Crippen LogP contribution in [0, 0.1) is 12.8 Å². The number of ether oxygens (including phenoxy) is 1. The Bertz CT molecular complexity index is 396. The molecule has 1 atom stereocenters. The van der Waals surface area contributed by atoms with Crippen LogP contribution in [0.5, 0.6) is 5.75 Å². The Hall–Kier alpha value is -0.690. The Morgan fingerprint density at radius 2 is 2.05 bits per heavy atom. The van der Waals surface area contributed by atoms with Gasteiger partial charge >= 0.3 is 0 Å². The fraction of sp³-hybridized carbons (Fsp3) is 0.647. The van der Waals surface area contributed by atoms with Crippen LogP contribution in [-0.4, -0.2) is 6.61 Å². The molecule has 1 fully saturated rings. The lowest BCUT2D eigenvalue weighted by Gasteiger charge is -2.17. The van der Waals surface area contributed by atoms with Crippen molar-refractivity contribution in [2.24, 2.45) is 5.92 Å². The van der Waals surface area contributed by atoms with Crippen molar-refractivity contribution in [1.29, 1.82) is 0 Å². The number of hydrogen-bond acceptors (Lipinski definition) is 1. The molecule has 0 N–H and O–H groups in total. The largest absolute Gasteiger partial charge is 0.494 e. The molecule has 0 aliphatic heterocycles. The predicted molar refractivity (Wildman–Crippen MR) is 82.1 cm³/mol. The number of aryl methyl sites for hydroxylation is 1. The van der Waals surface area contributed by atoms with E-state index in [-0.39, 0.29) is 5.38 Å². The Balaban J connectivity index is 1.99. The molecule has 2 rings (SSSR count). The van der Waals surface area contributed by atoms with Gasteiger partial charge in [0, 0.05) is 5.56 Å². The van der Waals surface area contributed by atoms with E-state index in [2.05, 4.69) is 25.1 Å². The summed E-state index contributed by atoms with van der Waals surface area (Å²) in [6.45, 7) is 4.83. The second-order valence-corrected chi connectivity index (χ2v) is 6.20. The summed E-state index contributed by atoms with van der Waals surface area (Å²) in [7, 11) is 0. The molecular weight excluding hydrogens is 256 g/mol. The van der Waals surface area contributed by atoms with E-state index in [0.717, 1.165) is 18.1 Å². The molecule has 1 aliphatic carbocycles. The van der Waals surface area contributed by atoms with E-state index in [0.29, 0.717) is 6.61 Å². The zero-order chi connectivity index (χ0) is 13.7. The van der Waals surface area contributed by atoms with Crippen molar-refractivity contribution >= 4 is 11.6 Å². The highest BCUT2D eigenvalue weighted by Crippen LogP contribution is 2.37. The molecule has 0 radical (unpaired) electrons. The van der Waals surface area contributed by atoms with Gasteiger partial charge in [-0.05, 0) is 38.7 Å². The third-order valence-electron chi connectivity index (χ3n) is 4.11. The lowest BCUT2D eigenvalue weighted by Crippen LogP contribution is -2.02. The van der Waals surface area contributed by atoms with Gasteiger partial charge in [0.2, 0.25) is 0 Å². The molecule has 0 bridgehead atoms. The van der Waals surface area contributed by atoms with E-state index in [4.69, 9.17) is 16.3 Å². The third-order valence-corrected chi connectivity index (χ3v) is 4.56. The SMILES string of the molecule is CCOc1ccc(C)cc1C(Cl)CCC1CCCC1. The minimum atomic E-state index is 0.0852. The standard InChI is InChI=1S/C17H25ClO/c1-3-19-17-11-8-13(2)12-15(17)16(18)10-9-14-6-4-5-7-14/h8,11-12,14,16H,3-7,9-10H2,1-2H3. The summed E-state index contributed by atoms with van der Waals surface area (Å²) in [6, 6.07) is 6.32. The number of hydrogen-bond donors (Lipinski definition) is 0. The molecule has 1 unspecified atom stereocenters. The first-order chi connectivity index (χ1) is 9.20. The molecule has 1 aliphatic rings. The Morgan fingerprint density at radius 1 is 1.32 bits per heavy atom.